The van der Waals surface area contributed by atoms with Gasteiger partial charge >= 0.3 is 0 Å². The Morgan fingerprint density at radius 3 is 2.36 bits per heavy atom. The third-order valence-corrected chi connectivity index (χ3v) is 6.56. The summed E-state index contributed by atoms with van der Waals surface area (Å²) < 4.78 is 17.3. The second-order valence-electron chi connectivity index (χ2n) is 9.35. The molecule has 2 aromatic carbocycles. The standard InChI is InChI=1S/C27H36N2O4/c1-20-16-28(17-21(2)33-20)18-22-11-13-29(14-12-22)27(30)24-9-10-25(26(15-24)31-3)32-19-23-7-5-4-6-8-23/h4-10,15,20-22H,11-14,16-19H2,1-3H3. The van der Waals surface area contributed by atoms with E-state index in [1.165, 1.54) is 0 Å². The highest BCUT2D eigenvalue weighted by molar-refractivity contribution is 5.95. The first-order chi connectivity index (χ1) is 16.0. The number of hydrogen-bond acceptors (Lipinski definition) is 5. The summed E-state index contributed by atoms with van der Waals surface area (Å²) in [6.45, 7) is 9.46. The molecule has 2 heterocycles. The van der Waals surface area contributed by atoms with Gasteiger partial charge in [0.1, 0.15) is 6.61 Å². The summed E-state index contributed by atoms with van der Waals surface area (Å²) in [5.74, 6) is 1.93. The molecule has 0 N–H and O–H groups in total. The Labute approximate surface area is 197 Å². The van der Waals surface area contributed by atoms with Crippen LogP contribution in [-0.2, 0) is 11.3 Å². The van der Waals surface area contributed by atoms with E-state index in [1.807, 2.05) is 47.4 Å². The fourth-order valence-electron chi connectivity index (χ4n) is 4.95. The van der Waals surface area contributed by atoms with Crippen LogP contribution in [0.15, 0.2) is 48.5 Å². The minimum Gasteiger partial charge on any atom is -0.493 e. The zero-order valence-corrected chi connectivity index (χ0v) is 20.0. The average Bonchev–Trinajstić information content (AvgIpc) is 2.82. The van der Waals surface area contributed by atoms with Crippen molar-refractivity contribution in [3.05, 3.63) is 59.7 Å². The molecule has 178 valence electrons. The average molecular weight is 453 g/mol. The smallest absolute Gasteiger partial charge is 0.253 e. The molecule has 2 aliphatic rings. The van der Waals surface area contributed by atoms with Crippen molar-refractivity contribution < 1.29 is 19.0 Å². The van der Waals surface area contributed by atoms with Gasteiger partial charge < -0.3 is 19.1 Å². The number of amides is 1. The monoisotopic (exact) mass is 452 g/mol. The lowest BCUT2D eigenvalue weighted by Gasteiger charge is -2.39. The second kappa shape index (κ2) is 11.0. The number of rotatable bonds is 7. The van der Waals surface area contributed by atoms with Crippen molar-refractivity contribution in [2.45, 2.75) is 45.5 Å². The number of carbonyl (C=O) groups excluding carboxylic acids is 1. The Kier molecular flexibility index (Phi) is 7.89. The van der Waals surface area contributed by atoms with Gasteiger partial charge in [-0.25, -0.2) is 0 Å². The van der Waals surface area contributed by atoms with Gasteiger partial charge in [-0.1, -0.05) is 30.3 Å². The van der Waals surface area contributed by atoms with Gasteiger partial charge in [-0.05, 0) is 56.4 Å². The van der Waals surface area contributed by atoms with Crippen LogP contribution in [0.2, 0.25) is 0 Å². The Morgan fingerprint density at radius 2 is 1.70 bits per heavy atom. The predicted molar refractivity (Wildman–Crippen MR) is 129 cm³/mol. The molecule has 0 aromatic heterocycles. The largest absolute Gasteiger partial charge is 0.493 e. The van der Waals surface area contributed by atoms with E-state index in [0.717, 1.165) is 51.1 Å². The molecule has 2 atom stereocenters. The Hall–Kier alpha value is -2.57. The second-order valence-corrected chi connectivity index (χ2v) is 9.35. The Bertz CT molecular complexity index is 902. The summed E-state index contributed by atoms with van der Waals surface area (Å²) in [5, 5.41) is 0. The molecule has 0 saturated carbocycles. The van der Waals surface area contributed by atoms with Gasteiger partial charge in [0.15, 0.2) is 11.5 Å². The summed E-state index contributed by atoms with van der Waals surface area (Å²) in [6, 6.07) is 15.5. The highest BCUT2D eigenvalue weighted by atomic mass is 16.5. The van der Waals surface area contributed by atoms with Gasteiger partial charge in [-0.3, -0.25) is 9.69 Å². The van der Waals surface area contributed by atoms with Gasteiger partial charge in [0.25, 0.3) is 5.91 Å². The highest BCUT2D eigenvalue weighted by Gasteiger charge is 2.28. The summed E-state index contributed by atoms with van der Waals surface area (Å²) in [4.78, 5) is 17.6. The highest BCUT2D eigenvalue weighted by Crippen LogP contribution is 2.30. The van der Waals surface area contributed by atoms with Crippen molar-refractivity contribution >= 4 is 5.91 Å². The van der Waals surface area contributed by atoms with Crippen LogP contribution in [0.4, 0.5) is 0 Å². The fourth-order valence-corrected chi connectivity index (χ4v) is 4.95. The molecule has 0 bridgehead atoms. The van der Waals surface area contributed by atoms with Crippen molar-refractivity contribution in [1.29, 1.82) is 0 Å². The van der Waals surface area contributed by atoms with E-state index < -0.39 is 0 Å². The maximum atomic E-state index is 13.1. The predicted octanol–water partition coefficient (Wildman–Crippen LogP) is 4.24. The van der Waals surface area contributed by atoms with Crippen molar-refractivity contribution in [1.82, 2.24) is 9.80 Å². The number of benzene rings is 2. The van der Waals surface area contributed by atoms with Crippen LogP contribution < -0.4 is 9.47 Å². The molecule has 6 nitrogen and oxygen atoms in total. The zero-order valence-electron chi connectivity index (χ0n) is 20.0. The van der Waals surface area contributed by atoms with Gasteiger partial charge in [0, 0.05) is 38.3 Å². The summed E-state index contributed by atoms with van der Waals surface area (Å²) in [5.41, 5.74) is 1.73. The summed E-state index contributed by atoms with van der Waals surface area (Å²) in [6.07, 6.45) is 2.68. The molecule has 2 fully saturated rings. The van der Waals surface area contributed by atoms with E-state index in [9.17, 15) is 4.79 Å². The molecule has 2 aromatic rings. The van der Waals surface area contributed by atoms with Crippen LogP contribution in [0, 0.1) is 5.92 Å². The molecule has 0 radical (unpaired) electrons. The first kappa shape index (κ1) is 23.6. The topological polar surface area (TPSA) is 51.2 Å². The molecule has 0 spiro atoms. The Balaban J connectivity index is 1.31. The number of carbonyl (C=O) groups is 1. The van der Waals surface area contributed by atoms with E-state index in [2.05, 4.69) is 18.7 Å². The van der Waals surface area contributed by atoms with Crippen LogP contribution >= 0.6 is 0 Å². The van der Waals surface area contributed by atoms with E-state index in [-0.39, 0.29) is 5.91 Å². The maximum Gasteiger partial charge on any atom is 0.253 e. The van der Waals surface area contributed by atoms with E-state index in [4.69, 9.17) is 14.2 Å². The van der Waals surface area contributed by atoms with Gasteiger partial charge in [0.05, 0.1) is 19.3 Å². The molecule has 2 saturated heterocycles. The summed E-state index contributed by atoms with van der Waals surface area (Å²) >= 11 is 0. The minimum absolute atomic E-state index is 0.0648. The van der Waals surface area contributed by atoms with Crippen molar-refractivity contribution in [2.24, 2.45) is 5.92 Å². The van der Waals surface area contributed by atoms with E-state index in [1.54, 1.807) is 13.2 Å². The van der Waals surface area contributed by atoms with Gasteiger partial charge in [-0.2, -0.15) is 0 Å². The van der Waals surface area contributed by atoms with Gasteiger partial charge in [-0.15, -0.1) is 0 Å². The number of nitrogens with zero attached hydrogens (tertiary/aromatic N) is 2. The maximum absolute atomic E-state index is 13.1. The van der Waals surface area contributed by atoms with Crippen molar-refractivity contribution in [3.63, 3.8) is 0 Å². The lowest BCUT2D eigenvalue weighted by molar-refractivity contribution is -0.0728. The zero-order chi connectivity index (χ0) is 23.2. The third kappa shape index (κ3) is 6.27. The molecular formula is C27H36N2O4. The van der Waals surface area contributed by atoms with Crippen LogP contribution in [-0.4, -0.2) is 67.7 Å². The minimum atomic E-state index is 0.0648. The number of hydrogen-bond donors (Lipinski definition) is 0. The molecular weight excluding hydrogens is 416 g/mol. The Morgan fingerprint density at radius 1 is 1.00 bits per heavy atom. The fraction of sp³-hybridized carbons (Fsp3) is 0.519. The van der Waals surface area contributed by atoms with Crippen molar-refractivity contribution in [2.75, 3.05) is 39.8 Å². The molecule has 2 unspecified atom stereocenters. The SMILES string of the molecule is COc1cc(C(=O)N2CCC(CN3CC(C)OC(C)C3)CC2)ccc1OCc1ccccc1. The molecule has 6 heteroatoms. The molecule has 0 aliphatic carbocycles. The normalized spacial score (nSPS) is 22.2. The lowest BCUT2D eigenvalue weighted by atomic mass is 9.95. The number of methoxy groups -OCH3 is 1. The van der Waals surface area contributed by atoms with Crippen LogP contribution in [0.1, 0.15) is 42.6 Å². The van der Waals surface area contributed by atoms with E-state index >= 15 is 0 Å². The lowest BCUT2D eigenvalue weighted by Crippen LogP contribution is -2.48. The van der Waals surface area contributed by atoms with E-state index in [0.29, 0.717) is 41.8 Å². The first-order valence-corrected chi connectivity index (χ1v) is 12.0. The van der Waals surface area contributed by atoms with Crippen LogP contribution in [0.5, 0.6) is 11.5 Å². The number of ether oxygens (including phenoxy) is 3. The van der Waals surface area contributed by atoms with Crippen LogP contribution in [0.3, 0.4) is 0 Å². The number of likely N-dealkylation sites (tertiary alicyclic amines) is 1. The summed E-state index contributed by atoms with van der Waals surface area (Å²) in [7, 11) is 1.61. The quantitative estimate of drug-likeness (QED) is 0.629. The number of morpholine rings is 1. The molecule has 33 heavy (non-hydrogen) atoms. The van der Waals surface area contributed by atoms with Crippen LogP contribution in [0.25, 0.3) is 0 Å². The molecule has 2 aliphatic heterocycles. The van der Waals surface area contributed by atoms with Crippen molar-refractivity contribution in [3.8, 4) is 11.5 Å². The third-order valence-electron chi connectivity index (χ3n) is 6.56. The van der Waals surface area contributed by atoms with Gasteiger partial charge in [0.2, 0.25) is 0 Å². The first-order valence-electron chi connectivity index (χ1n) is 12.0. The number of piperidine rings is 1. The molecule has 4 rings (SSSR count). The molecule has 1 amide bonds.